The van der Waals surface area contributed by atoms with Crippen molar-refractivity contribution in [2.24, 2.45) is 0 Å². The second-order valence-electron chi connectivity index (χ2n) is 5.57. The SMILES string of the molecule is COc1cccc2c1OCCCN(C(=O)[C@H]1CCC(=O)N1)C2. The van der Waals surface area contributed by atoms with E-state index in [2.05, 4.69) is 5.32 Å². The van der Waals surface area contributed by atoms with E-state index in [9.17, 15) is 9.59 Å². The van der Waals surface area contributed by atoms with Gasteiger partial charge in [-0.25, -0.2) is 0 Å². The highest BCUT2D eigenvalue weighted by molar-refractivity contribution is 5.90. The van der Waals surface area contributed by atoms with E-state index in [4.69, 9.17) is 9.47 Å². The third kappa shape index (κ3) is 2.86. The zero-order valence-electron chi connectivity index (χ0n) is 12.6. The maximum absolute atomic E-state index is 12.6. The number of nitrogens with zero attached hydrogens (tertiary/aromatic N) is 1. The number of benzene rings is 1. The lowest BCUT2D eigenvalue weighted by Gasteiger charge is -2.29. The number of hydrogen-bond donors (Lipinski definition) is 1. The first-order chi connectivity index (χ1) is 10.7. The molecule has 0 bridgehead atoms. The number of rotatable bonds is 2. The smallest absolute Gasteiger partial charge is 0.245 e. The minimum absolute atomic E-state index is 0.0125. The van der Waals surface area contributed by atoms with Crippen LogP contribution in [0.2, 0.25) is 0 Å². The van der Waals surface area contributed by atoms with Crippen LogP contribution in [-0.2, 0) is 16.1 Å². The molecule has 6 nitrogen and oxygen atoms in total. The van der Waals surface area contributed by atoms with Crippen molar-refractivity contribution in [3.8, 4) is 11.5 Å². The summed E-state index contributed by atoms with van der Waals surface area (Å²) in [6.07, 6.45) is 1.76. The third-order valence-corrected chi connectivity index (χ3v) is 4.07. The van der Waals surface area contributed by atoms with Gasteiger partial charge in [-0.05, 0) is 18.9 Å². The van der Waals surface area contributed by atoms with Crippen LogP contribution in [0.3, 0.4) is 0 Å². The highest BCUT2D eigenvalue weighted by Gasteiger charge is 2.31. The van der Waals surface area contributed by atoms with Crippen molar-refractivity contribution < 1.29 is 19.1 Å². The van der Waals surface area contributed by atoms with Crippen LogP contribution >= 0.6 is 0 Å². The monoisotopic (exact) mass is 304 g/mol. The molecule has 0 spiro atoms. The molecule has 2 heterocycles. The molecular formula is C16H20N2O4. The molecular weight excluding hydrogens is 284 g/mol. The predicted octanol–water partition coefficient (Wildman–Crippen LogP) is 1.08. The number of hydrogen-bond acceptors (Lipinski definition) is 4. The van der Waals surface area contributed by atoms with E-state index in [1.54, 1.807) is 12.0 Å². The van der Waals surface area contributed by atoms with Crippen LogP contribution in [0.25, 0.3) is 0 Å². The Balaban J connectivity index is 1.81. The van der Waals surface area contributed by atoms with Crippen molar-refractivity contribution in [1.29, 1.82) is 0 Å². The summed E-state index contributed by atoms with van der Waals surface area (Å²) in [4.78, 5) is 25.7. The first-order valence-corrected chi connectivity index (χ1v) is 7.56. The standard InChI is InChI=1S/C16H20N2O4/c1-21-13-5-2-4-11-10-18(8-3-9-22-15(11)13)16(20)12-6-7-14(19)17-12/h2,4-5,12H,3,6-10H2,1H3,(H,17,19)/t12-/m1/s1. The van der Waals surface area contributed by atoms with Crippen molar-refractivity contribution in [1.82, 2.24) is 10.2 Å². The number of nitrogens with one attached hydrogen (secondary N) is 1. The van der Waals surface area contributed by atoms with E-state index < -0.39 is 0 Å². The molecule has 1 aromatic carbocycles. The summed E-state index contributed by atoms with van der Waals surface area (Å²) in [6, 6.07) is 5.30. The van der Waals surface area contributed by atoms with Gasteiger partial charge in [0.25, 0.3) is 0 Å². The van der Waals surface area contributed by atoms with Crippen LogP contribution in [0.4, 0.5) is 0 Å². The topological polar surface area (TPSA) is 67.9 Å². The Bertz CT molecular complexity index is 588. The number of para-hydroxylation sites is 1. The average Bonchev–Trinajstić information content (AvgIpc) is 2.93. The van der Waals surface area contributed by atoms with Crippen molar-refractivity contribution >= 4 is 11.8 Å². The minimum Gasteiger partial charge on any atom is -0.493 e. The summed E-state index contributed by atoms with van der Waals surface area (Å²) < 4.78 is 11.1. The summed E-state index contributed by atoms with van der Waals surface area (Å²) in [5.74, 6) is 1.33. The zero-order valence-corrected chi connectivity index (χ0v) is 12.6. The second-order valence-corrected chi connectivity index (χ2v) is 5.57. The largest absolute Gasteiger partial charge is 0.493 e. The van der Waals surface area contributed by atoms with Crippen LogP contribution in [0.1, 0.15) is 24.8 Å². The Morgan fingerprint density at radius 3 is 3.05 bits per heavy atom. The molecule has 0 saturated carbocycles. The normalized spacial score (nSPS) is 21.2. The summed E-state index contributed by atoms with van der Waals surface area (Å²) in [6.45, 7) is 1.63. The van der Waals surface area contributed by atoms with Gasteiger partial charge in [-0.3, -0.25) is 9.59 Å². The summed E-state index contributed by atoms with van der Waals surface area (Å²) in [5, 5.41) is 2.75. The zero-order chi connectivity index (χ0) is 15.5. The molecule has 1 saturated heterocycles. The van der Waals surface area contributed by atoms with E-state index in [0.717, 1.165) is 12.0 Å². The van der Waals surface area contributed by atoms with Gasteiger partial charge in [-0.1, -0.05) is 12.1 Å². The molecule has 1 atom stereocenters. The first kappa shape index (κ1) is 14.7. The van der Waals surface area contributed by atoms with Gasteiger partial charge >= 0.3 is 0 Å². The lowest BCUT2D eigenvalue weighted by Crippen LogP contribution is -2.45. The van der Waals surface area contributed by atoms with Crippen LogP contribution in [0, 0.1) is 0 Å². The van der Waals surface area contributed by atoms with Gasteiger partial charge in [0.2, 0.25) is 11.8 Å². The van der Waals surface area contributed by atoms with Crippen LogP contribution in [-0.4, -0.2) is 43.0 Å². The van der Waals surface area contributed by atoms with Gasteiger partial charge in [0.1, 0.15) is 6.04 Å². The summed E-state index contributed by atoms with van der Waals surface area (Å²) >= 11 is 0. The van der Waals surface area contributed by atoms with Gasteiger partial charge in [-0.15, -0.1) is 0 Å². The molecule has 1 N–H and O–H groups in total. The summed E-state index contributed by atoms with van der Waals surface area (Å²) in [5.41, 5.74) is 0.928. The van der Waals surface area contributed by atoms with Gasteiger partial charge in [0.15, 0.2) is 11.5 Å². The third-order valence-electron chi connectivity index (χ3n) is 4.07. The molecule has 0 aliphatic carbocycles. The number of methoxy groups -OCH3 is 1. The van der Waals surface area contributed by atoms with Crippen LogP contribution in [0.15, 0.2) is 18.2 Å². The Labute approximate surface area is 129 Å². The molecule has 1 fully saturated rings. The first-order valence-electron chi connectivity index (χ1n) is 7.56. The fourth-order valence-corrected chi connectivity index (χ4v) is 2.93. The van der Waals surface area contributed by atoms with Gasteiger partial charge < -0.3 is 19.7 Å². The molecule has 6 heteroatoms. The van der Waals surface area contributed by atoms with Crippen LogP contribution < -0.4 is 14.8 Å². The molecule has 0 radical (unpaired) electrons. The minimum atomic E-state index is -0.387. The molecule has 3 rings (SSSR count). The predicted molar refractivity (Wildman–Crippen MR) is 79.7 cm³/mol. The lowest BCUT2D eigenvalue weighted by molar-refractivity contribution is -0.135. The van der Waals surface area contributed by atoms with Gasteiger partial charge in [-0.2, -0.15) is 0 Å². The van der Waals surface area contributed by atoms with E-state index in [1.165, 1.54) is 0 Å². The maximum atomic E-state index is 12.6. The lowest BCUT2D eigenvalue weighted by atomic mass is 10.1. The number of ether oxygens (including phenoxy) is 2. The maximum Gasteiger partial charge on any atom is 0.245 e. The average molecular weight is 304 g/mol. The molecule has 0 aromatic heterocycles. The molecule has 0 unspecified atom stereocenters. The van der Waals surface area contributed by atoms with Crippen molar-refractivity contribution in [2.45, 2.75) is 31.8 Å². The highest BCUT2D eigenvalue weighted by atomic mass is 16.5. The fourth-order valence-electron chi connectivity index (χ4n) is 2.93. The molecule has 2 amide bonds. The number of amides is 2. The second kappa shape index (κ2) is 6.25. The van der Waals surface area contributed by atoms with Gasteiger partial charge in [0.05, 0.1) is 13.7 Å². The number of carbonyl (C=O) groups excluding carboxylic acids is 2. The number of carbonyl (C=O) groups is 2. The Hall–Kier alpha value is -2.24. The van der Waals surface area contributed by atoms with E-state index >= 15 is 0 Å². The Morgan fingerprint density at radius 2 is 2.32 bits per heavy atom. The van der Waals surface area contributed by atoms with Crippen molar-refractivity contribution in [3.05, 3.63) is 23.8 Å². The molecule has 22 heavy (non-hydrogen) atoms. The van der Waals surface area contributed by atoms with E-state index in [0.29, 0.717) is 44.0 Å². The van der Waals surface area contributed by atoms with Crippen molar-refractivity contribution in [2.75, 3.05) is 20.3 Å². The Morgan fingerprint density at radius 1 is 1.45 bits per heavy atom. The number of fused-ring (bicyclic) bond motifs is 1. The molecule has 2 aliphatic heterocycles. The van der Waals surface area contributed by atoms with Crippen molar-refractivity contribution in [3.63, 3.8) is 0 Å². The van der Waals surface area contributed by atoms with E-state index in [1.807, 2.05) is 18.2 Å². The highest BCUT2D eigenvalue weighted by Crippen LogP contribution is 2.33. The van der Waals surface area contributed by atoms with Gasteiger partial charge in [0, 0.05) is 25.1 Å². The fraction of sp³-hybridized carbons (Fsp3) is 0.500. The summed E-state index contributed by atoms with van der Waals surface area (Å²) in [7, 11) is 1.61. The Kier molecular flexibility index (Phi) is 4.18. The molecule has 2 aliphatic rings. The van der Waals surface area contributed by atoms with Crippen LogP contribution in [0.5, 0.6) is 11.5 Å². The van der Waals surface area contributed by atoms with E-state index in [-0.39, 0.29) is 17.9 Å². The quantitative estimate of drug-likeness (QED) is 0.888. The molecule has 1 aromatic rings. The molecule has 118 valence electrons.